The Bertz CT molecular complexity index is 164. The minimum atomic E-state index is -1.38. The number of aliphatic hydroxyl groups excluding tert-OH is 3. The lowest BCUT2D eigenvalue weighted by Crippen LogP contribution is -2.37. The molecule has 6 nitrogen and oxygen atoms in total. The van der Waals surface area contributed by atoms with E-state index < -0.39 is 24.6 Å². The molecular weight excluding hydrogens is 166 g/mol. The van der Waals surface area contributed by atoms with E-state index in [-0.39, 0.29) is 6.54 Å². The molecule has 0 radical (unpaired) electrons. The molecule has 6 heteroatoms. The number of nitrogens with one attached hydrogen (secondary N) is 1. The van der Waals surface area contributed by atoms with Crippen LogP contribution in [0.1, 0.15) is 0 Å². The number of rotatable bonds is 3. The topological polar surface area (TPSA) is 99.0 Å². The summed E-state index contributed by atoms with van der Waals surface area (Å²) in [7, 11) is 0. The number of aliphatic hydroxyl groups is 3. The van der Waals surface area contributed by atoms with Gasteiger partial charge < -0.3 is 25.4 Å². The number of amides is 1. The van der Waals surface area contributed by atoms with Gasteiger partial charge in [0.15, 0.2) is 6.29 Å². The molecular formula is C6H11NO5. The third-order valence-corrected chi connectivity index (χ3v) is 1.74. The Labute approximate surface area is 68.8 Å². The van der Waals surface area contributed by atoms with E-state index in [1.807, 2.05) is 0 Å². The molecule has 1 rings (SSSR count). The fourth-order valence-electron chi connectivity index (χ4n) is 1.06. The van der Waals surface area contributed by atoms with E-state index in [0.29, 0.717) is 6.41 Å². The molecule has 0 aromatic carbocycles. The van der Waals surface area contributed by atoms with E-state index in [1.165, 1.54) is 0 Å². The smallest absolute Gasteiger partial charge is 0.207 e. The first-order chi connectivity index (χ1) is 5.66. The van der Waals surface area contributed by atoms with Crippen LogP contribution in [0.25, 0.3) is 0 Å². The van der Waals surface area contributed by atoms with Crippen molar-refractivity contribution in [1.82, 2.24) is 5.32 Å². The summed E-state index contributed by atoms with van der Waals surface area (Å²) in [5, 5.41) is 29.3. The maximum atomic E-state index is 9.86. The maximum Gasteiger partial charge on any atom is 0.207 e. The van der Waals surface area contributed by atoms with Crippen LogP contribution in [-0.2, 0) is 9.53 Å². The van der Waals surface area contributed by atoms with Gasteiger partial charge in [-0.05, 0) is 0 Å². The molecule has 1 aliphatic heterocycles. The normalized spacial score (nSPS) is 41.2. The van der Waals surface area contributed by atoms with Crippen LogP contribution in [-0.4, -0.2) is 52.9 Å². The number of hydrogen-bond acceptors (Lipinski definition) is 5. The fourth-order valence-corrected chi connectivity index (χ4v) is 1.06. The number of ether oxygens (including phenoxy) is 1. The van der Waals surface area contributed by atoms with Gasteiger partial charge in [0.25, 0.3) is 0 Å². The quantitative estimate of drug-likeness (QED) is 0.348. The van der Waals surface area contributed by atoms with Crippen molar-refractivity contribution < 1.29 is 24.9 Å². The lowest BCUT2D eigenvalue weighted by molar-refractivity contribution is -0.127. The van der Waals surface area contributed by atoms with E-state index in [1.54, 1.807) is 0 Å². The summed E-state index contributed by atoms with van der Waals surface area (Å²) in [5.74, 6) is 0. The molecule has 1 fully saturated rings. The van der Waals surface area contributed by atoms with Crippen LogP contribution in [0.2, 0.25) is 0 Å². The number of carbonyl (C=O) groups excluding carboxylic acids is 1. The van der Waals surface area contributed by atoms with E-state index in [2.05, 4.69) is 5.32 Å². The Morgan fingerprint density at radius 1 is 1.33 bits per heavy atom. The minimum Gasteiger partial charge on any atom is -0.387 e. The Morgan fingerprint density at radius 2 is 2.00 bits per heavy atom. The van der Waals surface area contributed by atoms with Gasteiger partial charge in [0.1, 0.15) is 18.3 Å². The maximum absolute atomic E-state index is 9.86. The van der Waals surface area contributed by atoms with E-state index in [0.717, 1.165) is 0 Å². The summed E-state index contributed by atoms with van der Waals surface area (Å²) in [6, 6.07) is 0. The predicted octanol–water partition coefficient (Wildman–Crippen LogP) is -2.83. The van der Waals surface area contributed by atoms with Gasteiger partial charge in [-0.25, -0.2) is 0 Å². The minimum absolute atomic E-state index is 0.0682. The Hall–Kier alpha value is -0.690. The second-order valence-electron chi connectivity index (χ2n) is 2.57. The van der Waals surface area contributed by atoms with Gasteiger partial charge in [-0.1, -0.05) is 0 Å². The molecule has 0 aromatic heterocycles. The summed E-state index contributed by atoms with van der Waals surface area (Å²) in [4.78, 5) is 9.86. The van der Waals surface area contributed by atoms with Crippen molar-refractivity contribution in [2.75, 3.05) is 6.54 Å². The molecule has 4 N–H and O–H groups in total. The number of carbonyl (C=O) groups is 1. The summed E-state index contributed by atoms with van der Waals surface area (Å²) >= 11 is 0. The van der Waals surface area contributed by atoms with Crippen LogP contribution in [0.3, 0.4) is 0 Å². The van der Waals surface area contributed by atoms with Crippen molar-refractivity contribution in [3.63, 3.8) is 0 Å². The van der Waals surface area contributed by atoms with Crippen molar-refractivity contribution in [3.8, 4) is 0 Å². The van der Waals surface area contributed by atoms with E-state index in [4.69, 9.17) is 20.1 Å². The second kappa shape index (κ2) is 3.81. The molecule has 12 heavy (non-hydrogen) atoms. The van der Waals surface area contributed by atoms with Gasteiger partial charge in [-0.15, -0.1) is 0 Å². The van der Waals surface area contributed by atoms with Crippen molar-refractivity contribution in [3.05, 3.63) is 0 Å². The average Bonchev–Trinajstić information content (AvgIpc) is 2.30. The van der Waals surface area contributed by atoms with Crippen molar-refractivity contribution in [2.45, 2.75) is 24.6 Å². The number of hydrogen-bond donors (Lipinski definition) is 4. The molecule has 0 aromatic rings. The van der Waals surface area contributed by atoms with Crippen LogP contribution < -0.4 is 5.32 Å². The van der Waals surface area contributed by atoms with Gasteiger partial charge in [-0.3, -0.25) is 4.79 Å². The SMILES string of the molecule is O=CNC[C@H]1O[C@@H](O)[C@H](O)[C@@H]1O. The average molecular weight is 177 g/mol. The van der Waals surface area contributed by atoms with Crippen molar-refractivity contribution in [2.24, 2.45) is 0 Å². The van der Waals surface area contributed by atoms with E-state index in [9.17, 15) is 4.79 Å². The molecule has 0 bridgehead atoms. The zero-order chi connectivity index (χ0) is 9.14. The first-order valence-corrected chi connectivity index (χ1v) is 3.53. The largest absolute Gasteiger partial charge is 0.387 e. The van der Waals surface area contributed by atoms with Crippen LogP contribution in [0, 0.1) is 0 Å². The standard InChI is InChI=1S/C6H11NO5/c8-2-7-1-3-4(9)5(10)6(11)12-3/h2-6,9-11H,1H2,(H,7,8)/t3-,4-,5-,6-/m1/s1. The molecule has 70 valence electrons. The van der Waals surface area contributed by atoms with Crippen LogP contribution in [0.4, 0.5) is 0 Å². The van der Waals surface area contributed by atoms with Crippen LogP contribution in [0.15, 0.2) is 0 Å². The third kappa shape index (κ3) is 1.72. The zero-order valence-electron chi connectivity index (χ0n) is 6.25. The third-order valence-electron chi connectivity index (χ3n) is 1.74. The van der Waals surface area contributed by atoms with Crippen LogP contribution in [0.5, 0.6) is 0 Å². The van der Waals surface area contributed by atoms with Gasteiger partial charge in [0, 0.05) is 6.54 Å². The highest BCUT2D eigenvalue weighted by atomic mass is 16.6. The van der Waals surface area contributed by atoms with Crippen molar-refractivity contribution in [1.29, 1.82) is 0 Å². The molecule has 0 unspecified atom stereocenters. The summed E-state index contributed by atoms with van der Waals surface area (Å²) in [6.45, 7) is 0.0682. The Morgan fingerprint density at radius 3 is 2.42 bits per heavy atom. The molecule has 0 spiro atoms. The molecule has 1 amide bonds. The first kappa shape index (κ1) is 9.40. The van der Waals surface area contributed by atoms with Gasteiger partial charge in [0.2, 0.25) is 6.41 Å². The Kier molecular flexibility index (Phi) is 2.99. The molecule has 4 atom stereocenters. The molecule has 0 aliphatic carbocycles. The molecule has 1 saturated heterocycles. The molecule has 1 heterocycles. The summed E-state index contributed by atoms with van der Waals surface area (Å²) in [6.07, 6.45) is -4.14. The van der Waals surface area contributed by atoms with Gasteiger partial charge in [0.05, 0.1) is 0 Å². The highest BCUT2D eigenvalue weighted by Crippen LogP contribution is 2.18. The highest BCUT2D eigenvalue weighted by Gasteiger charge is 2.41. The first-order valence-electron chi connectivity index (χ1n) is 3.53. The van der Waals surface area contributed by atoms with Gasteiger partial charge >= 0.3 is 0 Å². The monoisotopic (exact) mass is 177 g/mol. The Balaban J connectivity index is 2.41. The lowest BCUT2D eigenvalue weighted by Gasteiger charge is -2.12. The molecule has 1 aliphatic rings. The highest BCUT2D eigenvalue weighted by molar-refractivity contribution is 5.45. The van der Waals surface area contributed by atoms with Gasteiger partial charge in [-0.2, -0.15) is 0 Å². The molecule has 0 saturated carbocycles. The van der Waals surface area contributed by atoms with Crippen LogP contribution >= 0.6 is 0 Å². The predicted molar refractivity (Wildman–Crippen MR) is 37.0 cm³/mol. The fraction of sp³-hybridized carbons (Fsp3) is 0.833. The summed E-state index contributed by atoms with van der Waals surface area (Å²) < 4.78 is 4.72. The zero-order valence-corrected chi connectivity index (χ0v) is 6.25. The lowest BCUT2D eigenvalue weighted by atomic mass is 10.1. The summed E-state index contributed by atoms with van der Waals surface area (Å²) in [5.41, 5.74) is 0. The van der Waals surface area contributed by atoms with E-state index >= 15 is 0 Å². The second-order valence-corrected chi connectivity index (χ2v) is 2.57. The van der Waals surface area contributed by atoms with Crippen molar-refractivity contribution >= 4 is 6.41 Å².